The molecule has 1 amide bonds. The highest BCUT2D eigenvalue weighted by molar-refractivity contribution is 5.92. The van der Waals surface area contributed by atoms with Crippen LogP contribution in [0.1, 0.15) is 54.5 Å². The predicted molar refractivity (Wildman–Crippen MR) is 116 cm³/mol. The minimum absolute atomic E-state index is 0.0487. The van der Waals surface area contributed by atoms with E-state index in [-0.39, 0.29) is 17.4 Å². The monoisotopic (exact) mass is 387 g/mol. The summed E-state index contributed by atoms with van der Waals surface area (Å²) in [5, 5.41) is 3.57. The fraction of sp³-hybridized carbons (Fsp3) is 0.280. The third kappa shape index (κ3) is 4.16. The molecule has 1 heterocycles. The third-order valence-corrected chi connectivity index (χ3v) is 5.62. The Morgan fingerprint density at radius 1 is 1.14 bits per heavy atom. The van der Waals surface area contributed by atoms with Crippen molar-refractivity contribution >= 4 is 23.0 Å². The number of hydrogen-bond acceptors (Lipinski definition) is 3. The highest BCUT2D eigenvalue weighted by Crippen LogP contribution is 2.26. The number of nitrogens with one attached hydrogen (secondary N) is 1. The van der Waals surface area contributed by atoms with Gasteiger partial charge in [-0.25, -0.2) is 0 Å². The van der Waals surface area contributed by atoms with Crippen molar-refractivity contribution in [2.75, 3.05) is 0 Å². The molecule has 0 radical (unpaired) electrons. The molecule has 3 aromatic rings. The summed E-state index contributed by atoms with van der Waals surface area (Å²) in [7, 11) is 0. The number of hydrogen-bond donors (Lipinski definition) is 1. The number of benzene rings is 2. The first-order valence-electron chi connectivity index (χ1n) is 10.3. The van der Waals surface area contributed by atoms with E-state index in [9.17, 15) is 9.59 Å². The van der Waals surface area contributed by atoms with Crippen molar-refractivity contribution in [2.24, 2.45) is 0 Å². The summed E-state index contributed by atoms with van der Waals surface area (Å²) in [6, 6.07) is 13.6. The van der Waals surface area contributed by atoms with Gasteiger partial charge in [0.15, 0.2) is 5.43 Å². The summed E-state index contributed by atoms with van der Waals surface area (Å²) in [6.07, 6.45) is 9.88. The SMILES string of the molecule is CCC(NC(=O)/C=C/c1coc2ccccc2c1=O)c1ccc2c(c1)CCCC2. The molecular formula is C25H25NO3. The molecule has 4 nitrogen and oxygen atoms in total. The van der Waals surface area contributed by atoms with Crippen LogP contribution in [0.3, 0.4) is 0 Å². The van der Waals surface area contributed by atoms with Crippen molar-refractivity contribution in [2.45, 2.75) is 45.1 Å². The summed E-state index contributed by atoms with van der Waals surface area (Å²) in [6.45, 7) is 2.06. The number of carbonyl (C=O) groups excluding carboxylic acids is 1. The van der Waals surface area contributed by atoms with Crippen LogP contribution in [-0.2, 0) is 17.6 Å². The molecule has 0 spiro atoms. The first-order valence-corrected chi connectivity index (χ1v) is 10.3. The molecule has 2 aromatic carbocycles. The molecule has 1 aromatic heterocycles. The third-order valence-electron chi connectivity index (χ3n) is 5.62. The number of para-hydroxylation sites is 1. The molecule has 0 aliphatic heterocycles. The van der Waals surface area contributed by atoms with Gasteiger partial charge in [-0.2, -0.15) is 0 Å². The van der Waals surface area contributed by atoms with Crippen LogP contribution in [0.4, 0.5) is 0 Å². The smallest absolute Gasteiger partial charge is 0.244 e. The van der Waals surface area contributed by atoms with Gasteiger partial charge in [-0.1, -0.05) is 37.3 Å². The van der Waals surface area contributed by atoms with Crippen molar-refractivity contribution in [3.05, 3.63) is 87.3 Å². The van der Waals surface area contributed by atoms with Gasteiger partial charge in [-0.15, -0.1) is 0 Å². The van der Waals surface area contributed by atoms with Crippen LogP contribution in [0.15, 0.2) is 64.0 Å². The maximum atomic E-state index is 12.5. The van der Waals surface area contributed by atoms with E-state index in [0.29, 0.717) is 16.5 Å². The second kappa shape index (κ2) is 8.48. The average molecular weight is 387 g/mol. The quantitative estimate of drug-likeness (QED) is 0.630. The molecular weight excluding hydrogens is 362 g/mol. The summed E-state index contributed by atoms with van der Waals surface area (Å²) >= 11 is 0. The lowest BCUT2D eigenvalue weighted by molar-refractivity contribution is -0.117. The lowest BCUT2D eigenvalue weighted by Crippen LogP contribution is -2.26. The summed E-state index contributed by atoms with van der Waals surface area (Å²) in [5.41, 5.74) is 4.74. The maximum Gasteiger partial charge on any atom is 0.244 e. The molecule has 0 saturated carbocycles. The average Bonchev–Trinajstić information content (AvgIpc) is 2.77. The minimum atomic E-state index is -0.220. The first kappa shape index (κ1) is 19.2. The van der Waals surface area contributed by atoms with E-state index in [0.717, 1.165) is 24.8 Å². The van der Waals surface area contributed by atoms with Crippen LogP contribution >= 0.6 is 0 Å². The molecule has 29 heavy (non-hydrogen) atoms. The van der Waals surface area contributed by atoms with Gasteiger partial charge >= 0.3 is 0 Å². The van der Waals surface area contributed by atoms with E-state index in [2.05, 4.69) is 30.4 Å². The zero-order valence-electron chi connectivity index (χ0n) is 16.6. The van der Waals surface area contributed by atoms with Crippen molar-refractivity contribution in [3.63, 3.8) is 0 Å². The fourth-order valence-electron chi connectivity index (χ4n) is 3.98. The highest BCUT2D eigenvalue weighted by Gasteiger charge is 2.15. The zero-order valence-corrected chi connectivity index (χ0v) is 16.6. The Morgan fingerprint density at radius 3 is 2.76 bits per heavy atom. The van der Waals surface area contributed by atoms with Crippen molar-refractivity contribution < 1.29 is 9.21 Å². The number of carbonyl (C=O) groups is 1. The number of amides is 1. The van der Waals surface area contributed by atoms with E-state index >= 15 is 0 Å². The second-order valence-electron chi connectivity index (χ2n) is 7.55. The van der Waals surface area contributed by atoms with Gasteiger partial charge in [0.05, 0.1) is 17.0 Å². The summed E-state index contributed by atoms with van der Waals surface area (Å²) in [5.74, 6) is -0.220. The van der Waals surface area contributed by atoms with E-state index in [1.54, 1.807) is 18.2 Å². The topological polar surface area (TPSA) is 59.3 Å². The number of aryl methyl sites for hydroxylation is 2. The summed E-state index contributed by atoms with van der Waals surface area (Å²) < 4.78 is 5.50. The largest absolute Gasteiger partial charge is 0.463 e. The molecule has 1 aliphatic rings. The van der Waals surface area contributed by atoms with E-state index in [4.69, 9.17) is 4.42 Å². The van der Waals surface area contributed by atoms with Gasteiger partial charge < -0.3 is 9.73 Å². The molecule has 1 unspecified atom stereocenters. The Kier molecular flexibility index (Phi) is 5.61. The highest BCUT2D eigenvalue weighted by atomic mass is 16.3. The van der Waals surface area contributed by atoms with Crippen LogP contribution in [0.25, 0.3) is 17.0 Å². The minimum Gasteiger partial charge on any atom is -0.463 e. The maximum absolute atomic E-state index is 12.5. The predicted octanol–water partition coefficient (Wildman–Crippen LogP) is 4.95. The molecule has 4 heteroatoms. The molecule has 0 fully saturated rings. The lowest BCUT2D eigenvalue weighted by atomic mass is 9.89. The van der Waals surface area contributed by atoms with Gasteiger partial charge in [0.1, 0.15) is 11.8 Å². The zero-order chi connectivity index (χ0) is 20.2. The fourth-order valence-corrected chi connectivity index (χ4v) is 3.98. The summed E-state index contributed by atoms with van der Waals surface area (Å²) in [4.78, 5) is 25.0. The van der Waals surface area contributed by atoms with Crippen molar-refractivity contribution in [1.82, 2.24) is 5.32 Å². The van der Waals surface area contributed by atoms with Gasteiger partial charge in [-0.3, -0.25) is 9.59 Å². The molecule has 1 N–H and O–H groups in total. The Labute approximate surface area is 170 Å². The van der Waals surface area contributed by atoms with E-state index in [1.807, 2.05) is 6.07 Å². The van der Waals surface area contributed by atoms with Crippen LogP contribution in [0, 0.1) is 0 Å². The number of fused-ring (bicyclic) bond motifs is 2. The Morgan fingerprint density at radius 2 is 1.93 bits per heavy atom. The lowest BCUT2D eigenvalue weighted by Gasteiger charge is -2.21. The Balaban J connectivity index is 1.50. The van der Waals surface area contributed by atoms with E-state index < -0.39 is 0 Å². The van der Waals surface area contributed by atoms with E-state index in [1.165, 1.54) is 42.4 Å². The second-order valence-corrected chi connectivity index (χ2v) is 7.55. The van der Waals surface area contributed by atoms with Gasteiger partial charge in [0.25, 0.3) is 0 Å². The molecule has 0 bridgehead atoms. The molecule has 1 aliphatic carbocycles. The number of rotatable bonds is 5. The van der Waals surface area contributed by atoms with Crippen molar-refractivity contribution in [3.8, 4) is 0 Å². The molecule has 148 valence electrons. The molecule has 1 atom stereocenters. The van der Waals surface area contributed by atoms with Gasteiger partial charge in [-0.05, 0) is 67.0 Å². The van der Waals surface area contributed by atoms with Crippen molar-refractivity contribution in [1.29, 1.82) is 0 Å². The van der Waals surface area contributed by atoms with Gasteiger partial charge in [0.2, 0.25) is 5.91 Å². The van der Waals surface area contributed by atoms with Gasteiger partial charge in [0, 0.05) is 6.08 Å². The Hall–Kier alpha value is -3.14. The van der Waals surface area contributed by atoms with Crippen LogP contribution in [0.2, 0.25) is 0 Å². The molecule has 4 rings (SSSR count). The first-order chi connectivity index (χ1) is 14.2. The van der Waals surface area contributed by atoms with Crippen LogP contribution in [-0.4, -0.2) is 5.91 Å². The van der Waals surface area contributed by atoms with Crippen LogP contribution < -0.4 is 10.7 Å². The standard InChI is InChI=1S/C25H25NO3/c1-2-22(19-12-11-17-7-3-4-8-18(17)15-19)26-24(27)14-13-20-16-29-23-10-6-5-9-21(23)25(20)28/h5-6,9-16,22H,2-4,7-8H2,1H3,(H,26,27)/b14-13+. The Bertz CT molecular complexity index is 1130. The molecule has 0 saturated heterocycles. The normalized spacial score (nSPS) is 14.7. The van der Waals surface area contributed by atoms with Crippen LogP contribution in [0.5, 0.6) is 0 Å².